The van der Waals surface area contributed by atoms with Crippen molar-refractivity contribution in [3.8, 4) is 0 Å². The number of nitrogens with one attached hydrogen (secondary N) is 1. The summed E-state index contributed by atoms with van der Waals surface area (Å²) in [6.07, 6.45) is 0. The molecule has 0 saturated heterocycles. The number of thiazole rings is 1. The Morgan fingerprint density at radius 3 is 2.47 bits per heavy atom. The van der Waals surface area contributed by atoms with Crippen LogP contribution in [0.5, 0.6) is 0 Å². The van der Waals surface area contributed by atoms with Crippen LogP contribution in [0.15, 0.2) is 24.3 Å². The summed E-state index contributed by atoms with van der Waals surface area (Å²) >= 11 is 1.35. The lowest BCUT2D eigenvalue weighted by atomic mass is 10.3. The minimum absolute atomic E-state index is 0.266. The van der Waals surface area contributed by atoms with Gasteiger partial charge >= 0.3 is 0 Å². The van der Waals surface area contributed by atoms with E-state index >= 15 is 0 Å². The number of hydrogen-bond acceptors (Lipinski definition) is 3. The minimum Gasteiger partial charge on any atom is -0.320 e. The lowest BCUT2D eigenvalue weighted by Gasteiger charge is -2.01. The maximum absolute atomic E-state index is 12.7. The quantitative estimate of drug-likeness (QED) is 0.889. The number of benzene rings is 1. The van der Waals surface area contributed by atoms with E-state index in [1.54, 1.807) is 0 Å². The largest absolute Gasteiger partial charge is 0.320 e. The van der Waals surface area contributed by atoms with Gasteiger partial charge in [0.25, 0.3) is 5.91 Å². The van der Waals surface area contributed by atoms with Crippen molar-refractivity contribution in [2.75, 3.05) is 5.32 Å². The molecule has 0 aliphatic heterocycles. The zero-order chi connectivity index (χ0) is 12.4. The standard InChI is InChI=1S/C12H11FN2OS/c1-7-8(2)17-12(14-7)11(16)15-10-5-3-9(13)4-6-10/h3-6H,1-2H3,(H,15,16). The summed E-state index contributed by atoms with van der Waals surface area (Å²) in [6.45, 7) is 3.78. The Morgan fingerprint density at radius 1 is 1.29 bits per heavy atom. The molecule has 88 valence electrons. The Hall–Kier alpha value is -1.75. The van der Waals surface area contributed by atoms with E-state index in [9.17, 15) is 9.18 Å². The molecule has 0 aliphatic rings. The molecule has 2 rings (SSSR count). The number of hydrogen-bond donors (Lipinski definition) is 1. The van der Waals surface area contributed by atoms with Gasteiger partial charge in [-0.3, -0.25) is 4.79 Å². The summed E-state index contributed by atoms with van der Waals surface area (Å²) in [7, 11) is 0. The first kappa shape index (κ1) is 11.7. The monoisotopic (exact) mass is 250 g/mol. The van der Waals surface area contributed by atoms with Gasteiger partial charge in [0.1, 0.15) is 5.82 Å². The van der Waals surface area contributed by atoms with E-state index in [1.165, 1.54) is 35.6 Å². The second-order valence-electron chi connectivity index (χ2n) is 3.62. The van der Waals surface area contributed by atoms with Crippen LogP contribution in [-0.2, 0) is 0 Å². The van der Waals surface area contributed by atoms with Crippen molar-refractivity contribution in [2.24, 2.45) is 0 Å². The molecule has 1 aromatic carbocycles. The third-order valence-electron chi connectivity index (χ3n) is 2.32. The van der Waals surface area contributed by atoms with Crippen molar-refractivity contribution >= 4 is 22.9 Å². The maximum Gasteiger partial charge on any atom is 0.284 e. The predicted molar refractivity (Wildman–Crippen MR) is 65.9 cm³/mol. The molecule has 0 unspecified atom stereocenters. The van der Waals surface area contributed by atoms with E-state index in [2.05, 4.69) is 10.3 Å². The number of anilines is 1. The lowest BCUT2D eigenvalue weighted by Crippen LogP contribution is -2.11. The molecule has 17 heavy (non-hydrogen) atoms. The van der Waals surface area contributed by atoms with Crippen LogP contribution in [0, 0.1) is 19.7 Å². The van der Waals surface area contributed by atoms with Crippen molar-refractivity contribution in [1.82, 2.24) is 4.98 Å². The highest BCUT2D eigenvalue weighted by atomic mass is 32.1. The van der Waals surface area contributed by atoms with E-state index in [-0.39, 0.29) is 11.7 Å². The van der Waals surface area contributed by atoms with Crippen LogP contribution in [0.25, 0.3) is 0 Å². The fourth-order valence-electron chi connectivity index (χ4n) is 1.29. The Labute approximate surface area is 102 Å². The summed E-state index contributed by atoms with van der Waals surface area (Å²) in [5.74, 6) is -0.596. The van der Waals surface area contributed by atoms with Crippen LogP contribution in [0.3, 0.4) is 0 Å². The molecule has 1 aromatic heterocycles. The fourth-order valence-corrected chi connectivity index (χ4v) is 2.10. The number of carbonyl (C=O) groups excluding carboxylic acids is 1. The van der Waals surface area contributed by atoms with Crippen LogP contribution >= 0.6 is 11.3 Å². The van der Waals surface area contributed by atoms with Crippen LogP contribution < -0.4 is 5.32 Å². The number of aryl methyl sites for hydroxylation is 2. The number of halogens is 1. The van der Waals surface area contributed by atoms with Crippen molar-refractivity contribution in [2.45, 2.75) is 13.8 Å². The van der Waals surface area contributed by atoms with Gasteiger partial charge in [-0.05, 0) is 38.1 Å². The molecule has 0 spiro atoms. The summed E-state index contributed by atoms with van der Waals surface area (Å²) in [4.78, 5) is 17.0. The highest BCUT2D eigenvalue weighted by molar-refractivity contribution is 7.13. The molecule has 0 bridgehead atoms. The van der Waals surface area contributed by atoms with Crippen molar-refractivity contribution in [3.05, 3.63) is 45.7 Å². The molecular weight excluding hydrogens is 239 g/mol. The number of amides is 1. The number of aromatic nitrogens is 1. The van der Waals surface area contributed by atoms with Crippen LogP contribution in [0.1, 0.15) is 20.4 Å². The Bertz CT molecular complexity index is 529. The molecule has 1 amide bonds. The average molecular weight is 250 g/mol. The van der Waals surface area contributed by atoms with Gasteiger partial charge in [0.05, 0.1) is 5.69 Å². The lowest BCUT2D eigenvalue weighted by molar-refractivity contribution is 0.102. The van der Waals surface area contributed by atoms with Gasteiger partial charge in [-0.2, -0.15) is 0 Å². The first-order valence-electron chi connectivity index (χ1n) is 5.07. The summed E-state index contributed by atoms with van der Waals surface area (Å²) in [5.41, 5.74) is 1.42. The Morgan fingerprint density at radius 2 is 1.94 bits per heavy atom. The van der Waals surface area contributed by atoms with Gasteiger partial charge in [0.15, 0.2) is 5.01 Å². The molecular formula is C12H11FN2OS. The molecule has 1 heterocycles. The molecule has 0 aliphatic carbocycles. The Kier molecular flexibility index (Phi) is 3.19. The highest BCUT2D eigenvalue weighted by Crippen LogP contribution is 2.18. The van der Waals surface area contributed by atoms with E-state index in [0.717, 1.165) is 10.6 Å². The van der Waals surface area contributed by atoms with Gasteiger partial charge < -0.3 is 5.32 Å². The van der Waals surface area contributed by atoms with Gasteiger partial charge in [-0.1, -0.05) is 0 Å². The maximum atomic E-state index is 12.7. The van der Waals surface area contributed by atoms with Crippen molar-refractivity contribution < 1.29 is 9.18 Å². The first-order chi connectivity index (χ1) is 8.06. The van der Waals surface area contributed by atoms with Crippen LogP contribution in [-0.4, -0.2) is 10.9 Å². The van der Waals surface area contributed by atoms with Crippen LogP contribution in [0.4, 0.5) is 10.1 Å². The average Bonchev–Trinajstić information content (AvgIpc) is 2.63. The zero-order valence-electron chi connectivity index (χ0n) is 9.45. The fraction of sp³-hybridized carbons (Fsp3) is 0.167. The van der Waals surface area contributed by atoms with E-state index in [4.69, 9.17) is 0 Å². The molecule has 0 atom stereocenters. The molecule has 0 radical (unpaired) electrons. The van der Waals surface area contributed by atoms with E-state index < -0.39 is 0 Å². The molecule has 0 fully saturated rings. The normalized spacial score (nSPS) is 10.3. The van der Waals surface area contributed by atoms with Gasteiger partial charge in [-0.15, -0.1) is 11.3 Å². The van der Waals surface area contributed by atoms with E-state index in [1.807, 2.05) is 13.8 Å². The molecule has 0 saturated carbocycles. The SMILES string of the molecule is Cc1nc(C(=O)Nc2ccc(F)cc2)sc1C. The molecule has 5 heteroatoms. The number of rotatable bonds is 2. The smallest absolute Gasteiger partial charge is 0.284 e. The summed E-state index contributed by atoms with van der Waals surface area (Å²) in [6, 6.07) is 5.63. The molecule has 1 N–H and O–H groups in total. The second-order valence-corrected chi connectivity index (χ2v) is 4.82. The van der Waals surface area contributed by atoms with Crippen LogP contribution in [0.2, 0.25) is 0 Å². The third kappa shape index (κ3) is 2.68. The van der Waals surface area contributed by atoms with E-state index in [0.29, 0.717) is 10.7 Å². The predicted octanol–water partition coefficient (Wildman–Crippen LogP) is 3.15. The zero-order valence-corrected chi connectivity index (χ0v) is 10.3. The topological polar surface area (TPSA) is 42.0 Å². The second kappa shape index (κ2) is 4.63. The summed E-state index contributed by atoms with van der Waals surface area (Å²) < 4.78 is 12.7. The molecule has 3 nitrogen and oxygen atoms in total. The Balaban J connectivity index is 2.14. The molecule has 2 aromatic rings. The van der Waals surface area contributed by atoms with Gasteiger partial charge in [-0.25, -0.2) is 9.37 Å². The minimum atomic E-state index is -0.330. The number of nitrogens with zero attached hydrogens (tertiary/aromatic N) is 1. The summed E-state index contributed by atoms with van der Waals surface area (Å²) in [5, 5.41) is 3.09. The van der Waals surface area contributed by atoms with Gasteiger partial charge in [0.2, 0.25) is 0 Å². The van der Waals surface area contributed by atoms with Gasteiger partial charge in [0, 0.05) is 10.6 Å². The van der Waals surface area contributed by atoms with Crippen molar-refractivity contribution in [1.29, 1.82) is 0 Å². The highest BCUT2D eigenvalue weighted by Gasteiger charge is 2.12. The first-order valence-corrected chi connectivity index (χ1v) is 5.89. The van der Waals surface area contributed by atoms with Crippen molar-refractivity contribution in [3.63, 3.8) is 0 Å². The number of carbonyl (C=O) groups is 1. The third-order valence-corrected chi connectivity index (χ3v) is 3.40.